The predicted molar refractivity (Wildman–Crippen MR) is 36.7 cm³/mol. The summed E-state index contributed by atoms with van der Waals surface area (Å²) in [5.74, 6) is 0. The van der Waals surface area contributed by atoms with E-state index in [2.05, 4.69) is 0 Å². The molecule has 10 nitrogen and oxygen atoms in total. The molecule has 0 rings (SSSR count). The molecule has 0 radical (unpaired) electrons. The SMILES string of the molecule is O=B[O-].O=B[O-].O=B[O-].O=B[O-].O=B[O-].[H+].[H+].[H+].[H+].[Na+]. The van der Waals surface area contributed by atoms with Gasteiger partial charge in [0.1, 0.15) is 0 Å². The Morgan fingerprint density at radius 3 is 0.500 bits per heavy atom. The summed E-state index contributed by atoms with van der Waals surface area (Å²) in [6.45, 7) is 0. The van der Waals surface area contributed by atoms with Crippen molar-refractivity contribution in [2.75, 3.05) is 0 Å². The fourth-order valence-corrected chi connectivity index (χ4v) is 0. The number of hydrogen-bond acceptors (Lipinski definition) is 10. The van der Waals surface area contributed by atoms with Gasteiger partial charge < -0.3 is 0 Å². The van der Waals surface area contributed by atoms with E-state index in [4.69, 9.17) is 48.6 Å². The average Bonchev–Trinajstić information content (AvgIpc) is 2.09. The van der Waals surface area contributed by atoms with Crippen LogP contribution >= 0.6 is 0 Å². The predicted octanol–water partition coefficient (Wildman–Crippen LogP) is -11.0. The quantitative estimate of drug-likeness (QED) is 0.366. The largest absolute Gasteiger partial charge is 1.00 e. The van der Waals surface area contributed by atoms with E-state index in [9.17, 15) is 0 Å². The molecule has 0 aliphatic heterocycles. The molecule has 0 aliphatic carbocycles. The zero-order valence-corrected chi connectivity index (χ0v) is 9.97. The topological polar surface area (TPSA) is 201 Å². The van der Waals surface area contributed by atoms with Gasteiger partial charge in [0.25, 0.3) is 0 Å². The summed E-state index contributed by atoms with van der Waals surface area (Å²) in [5, 5.41) is 41.2. The molecule has 0 spiro atoms. The van der Waals surface area contributed by atoms with Gasteiger partial charge in [-0.15, -0.1) is 0 Å². The molecular weight excluding hydrogens is 237 g/mol. The van der Waals surface area contributed by atoms with Crippen molar-refractivity contribution in [3.05, 3.63) is 0 Å². The molecule has 0 aromatic rings. The summed E-state index contributed by atoms with van der Waals surface area (Å²) in [4.78, 5) is 0. The van der Waals surface area contributed by atoms with Crippen LogP contribution in [-0.4, -0.2) is 36.8 Å². The summed E-state index contributed by atoms with van der Waals surface area (Å²) in [6.07, 6.45) is 0. The molecule has 0 saturated carbocycles. The molecular formula is H4B5NaO10. The van der Waals surface area contributed by atoms with Crippen molar-refractivity contribution >= 4 is 36.8 Å². The molecule has 0 aromatic heterocycles. The van der Waals surface area contributed by atoms with Crippen LogP contribution in [-0.2, 0) is 23.5 Å². The molecule has 16 heteroatoms. The Hall–Kier alpha value is -0.675. The minimum absolute atomic E-state index is 0. The Bertz CT molecular complexity index is 106. The molecule has 0 atom stereocenters. The van der Waals surface area contributed by atoms with Crippen LogP contribution in [0.3, 0.4) is 0 Å². The molecule has 0 unspecified atom stereocenters. The van der Waals surface area contributed by atoms with Gasteiger partial charge in [0.15, 0.2) is 0 Å². The summed E-state index contributed by atoms with van der Waals surface area (Å²) in [6, 6.07) is 0. The van der Waals surface area contributed by atoms with Crippen LogP contribution in [0.1, 0.15) is 5.71 Å². The van der Waals surface area contributed by atoms with Gasteiger partial charge in [-0.05, 0) is 0 Å². The van der Waals surface area contributed by atoms with Gasteiger partial charge >= 0.3 is 121 Å². The van der Waals surface area contributed by atoms with E-state index < -0.39 is 36.8 Å². The van der Waals surface area contributed by atoms with Crippen LogP contribution in [0.15, 0.2) is 0 Å². The minimum atomic E-state index is -0.500. The standard InChI is InChI=1S/5BO2.Na/c5*2-1-3;/q5*-1;+1/p+4. The van der Waals surface area contributed by atoms with Crippen LogP contribution < -0.4 is 54.7 Å². The third-order valence-corrected chi connectivity index (χ3v) is 0. The zero-order chi connectivity index (χ0) is 13.5. The van der Waals surface area contributed by atoms with Crippen molar-refractivity contribution in [2.24, 2.45) is 0 Å². The van der Waals surface area contributed by atoms with Crippen molar-refractivity contribution < 1.29 is 83.9 Å². The third kappa shape index (κ3) is 4440. The Kier molecular flexibility index (Phi) is 307. The Morgan fingerprint density at radius 2 is 0.500 bits per heavy atom. The second kappa shape index (κ2) is 136. The second-order valence-corrected chi connectivity index (χ2v) is 0.481. The molecule has 0 fully saturated rings. The van der Waals surface area contributed by atoms with E-state index in [1.807, 2.05) is 0 Å². The number of hydrogen-bond donors (Lipinski definition) is 0. The molecule has 0 heterocycles. The van der Waals surface area contributed by atoms with Crippen LogP contribution in [0, 0.1) is 0 Å². The van der Waals surface area contributed by atoms with Gasteiger partial charge in [0.2, 0.25) is 0 Å². The van der Waals surface area contributed by atoms with E-state index in [1.165, 1.54) is 0 Å². The van der Waals surface area contributed by atoms with E-state index in [0.29, 0.717) is 0 Å². The van der Waals surface area contributed by atoms with Crippen LogP contribution in [0.2, 0.25) is 0 Å². The van der Waals surface area contributed by atoms with E-state index >= 15 is 0 Å². The van der Waals surface area contributed by atoms with Gasteiger partial charge in [-0.1, -0.05) is 0 Å². The average molecular weight is 241 g/mol. The normalized spacial score (nSPS) is 2.50. The maximum Gasteiger partial charge on any atom is 1.00 e. The molecule has 0 aliphatic rings. The van der Waals surface area contributed by atoms with Crippen LogP contribution in [0.25, 0.3) is 0 Å². The molecule has 80 valence electrons. The van der Waals surface area contributed by atoms with E-state index in [-0.39, 0.29) is 35.3 Å². The first-order valence-electron chi connectivity index (χ1n) is 2.36. The van der Waals surface area contributed by atoms with Gasteiger partial charge in [0, 0.05) is 0 Å². The smallest absolute Gasteiger partial charge is 1.00 e. The van der Waals surface area contributed by atoms with Crippen molar-refractivity contribution in [3.63, 3.8) is 0 Å². The van der Waals surface area contributed by atoms with Crippen molar-refractivity contribution in [1.82, 2.24) is 0 Å². The molecule has 0 amide bonds. The number of rotatable bonds is 0. The first kappa shape index (κ1) is 36.2. The third-order valence-electron chi connectivity index (χ3n) is 0. The summed E-state index contributed by atoms with van der Waals surface area (Å²) < 4.78 is 41.2. The summed E-state index contributed by atoms with van der Waals surface area (Å²) in [5.41, 5.74) is 0. The monoisotopic (exact) mass is 242 g/mol. The first-order chi connectivity index (χ1) is 7.07. The maximum atomic E-state index is 8.25. The summed E-state index contributed by atoms with van der Waals surface area (Å²) >= 11 is 0. The van der Waals surface area contributed by atoms with Crippen LogP contribution in [0.5, 0.6) is 0 Å². The fourth-order valence-electron chi connectivity index (χ4n) is 0. The van der Waals surface area contributed by atoms with E-state index in [0.717, 1.165) is 0 Å². The Balaban J connectivity index is -0.00000000735. The first-order valence-corrected chi connectivity index (χ1v) is 2.36. The second-order valence-electron chi connectivity index (χ2n) is 0.481. The van der Waals surface area contributed by atoms with Gasteiger partial charge in [-0.25, -0.2) is 0 Å². The molecule has 0 N–H and O–H groups in total. The Labute approximate surface area is 121 Å². The van der Waals surface area contributed by atoms with Gasteiger partial charge in [-0.3, -0.25) is 0 Å². The molecule has 0 saturated heterocycles. The molecule has 16 heavy (non-hydrogen) atoms. The van der Waals surface area contributed by atoms with Gasteiger partial charge in [0.05, 0.1) is 0 Å². The van der Waals surface area contributed by atoms with Crippen LogP contribution in [0.4, 0.5) is 0 Å². The van der Waals surface area contributed by atoms with Crippen molar-refractivity contribution in [2.45, 2.75) is 0 Å². The van der Waals surface area contributed by atoms with Crippen molar-refractivity contribution in [3.8, 4) is 0 Å². The van der Waals surface area contributed by atoms with Crippen molar-refractivity contribution in [1.29, 1.82) is 0 Å². The Morgan fingerprint density at radius 1 is 0.500 bits per heavy atom. The maximum absolute atomic E-state index is 8.25. The summed E-state index contributed by atoms with van der Waals surface area (Å²) in [7, 11) is -2.50. The zero-order valence-electron chi connectivity index (χ0n) is 12.0. The van der Waals surface area contributed by atoms with E-state index in [1.54, 1.807) is 0 Å². The van der Waals surface area contributed by atoms with Gasteiger partial charge in [-0.2, -0.15) is 0 Å². The molecule has 0 aromatic carbocycles. The fraction of sp³-hybridized carbons (Fsp3) is 0. The minimum Gasteiger partial charge on any atom is 1.00 e. The molecule has 0 bridgehead atoms.